The Morgan fingerprint density at radius 1 is 0.929 bits per heavy atom. The van der Waals surface area contributed by atoms with Crippen LogP contribution in [0.15, 0.2) is 12.1 Å². The highest BCUT2D eigenvalue weighted by atomic mass is 16.2. The van der Waals surface area contributed by atoms with Crippen LogP contribution in [0, 0.1) is 0 Å². The summed E-state index contributed by atoms with van der Waals surface area (Å²) < 4.78 is 0. The molecule has 6 nitrogen and oxygen atoms in total. The number of fused-ring (bicyclic) bond motifs is 1. The van der Waals surface area contributed by atoms with Gasteiger partial charge in [0.15, 0.2) is 0 Å². The first-order valence-electron chi connectivity index (χ1n) is 3.85. The van der Waals surface area contributed by atoms with E-state index < -0.39 is 11.8 Å². The quantitative estimate of drug-likeness (QED) is 0.218. The van der Waals surface area contributed by atoms with Crippen molar-refractivity contribution in [1.29, 1.82) is 0 Å². The van der Waals surface area contributed by atoms with E-state index in [1.165, 1.54) is 12.1 Å². The van der Waals surface area contributed by atoms with Gasteiger partial charge >= 0.3 is 0 Å². The van der Waals surface area contributed by atoms with Crippen LogP contribution in [0.4, 0.5) is 11.4 Å². The molecule has 1 aromatic carbocycles. The lowest BCUT2D eigenvalue weighted by atomic mass is 10.1. The van der Waals surface area contributed by atoms with Crippen LogP contribution in [0.25, 0.3) is 0 Å². The Labute approximate surface area is 79.2 Å². The van der Waals surface area contributed by atoms with E-state index in [1.54, 1.807) is 0 Å². The molecule has 0 atom stereocenters. The minimum Gasteiger partial charge on any atom is -0.398 e. The first-order valence-corrected chi connectivity index (χ1v) is 3.85. The Hall–Kier alpha value is -2.08. The smallest absolute Gasteiger partial charge is 0.278 e. The zero-order valence-corrected chi connectivity index (χ0v) is 7.15. The molecular weight excluding hydrogens is 184 g/mol. The van der Waals surface area contributed by atoms with Gasteiger partial charge in [0, 0.05) is 11.4 Å². The van der Waals surface area contributed by atoms with Gasteiger partial charge in [-0.2, -0.15) is 0 Å². The number of hydrazine groups is 1. The van der Waals surface area contributed by atoms with E-state index in [9.17, 15) is 9.59 Å². The van der Waals surface area contributed by atoms with Crippen molar-refractivity contribution in [2.24, 2.45) is 5.84 Å². The molecule has 72 valence electrons. The lowest BCUT2D eigenvalue weighted by Gasteiger charge is -2.02. The number of amides is 2. The number of nitrogen functional groups attached to an aromatic ring is 2. The molecule has 0 unspecified atom stereocenters. The number of nitrogens with two attached hydrogens (primary N) is 3. The van der Waals surface area contributed by atoms with E-state index in [0.717, 1.165) is 0 Å². The molecule has 0 saturated carbocycles. The molecule has 1 aromatic rings. The average molecular weight is 192 g/mol. The van der Waals surface area contributed by atoms with Gasteiger partial charge in [0.1, 0.15) is 0 Å². The van der Waals surface area contributed by atoms with Crippen LogP contribution in [0.2, 0.25) is 0 Å². The number of carbonyl (C=O) groups excluding carboxylic acids is 2. The fraction of sp³-hybridized carbons (Fsp3) is 0. The number of hydrogen-bond acceptors (Lipinski definition) is 5. The van der Waals surface area contributed by atoms with E-state index in [0.29, 0.717) is 5.01 Å². The molecule has 1 aliphatic rings. The van der Waals surface area contributed by atoms with Gasteiger partial charge in [0.2, 0.25) is 0 Å². The van der Waals surface area contributed by atoms with E-state index in [2.05, 4.69) is 0 Å². The third kappa shape index (κ3) is 0.826. The molecule has 6 N–H and O–H groups in total. The van der Waals surface area contributed by atoms with Gasteiger partial charge in [0.25, 0.3) is 11.8 Å². The number of carbonyl (C=O) groups is 2. The number of benzene rings is 1. The van der Waals surface area contributed by atoms with Crippen LogP contribution in [0.3, 0.4) is 0 Å². The average Bonchev–Trinajstić information content (AvgIpc) is 2.38. The predicted molar refractivity (Wildman–Crippen MR) is 50.0 cm³/mol. The summed E-state index contributed by atoms with van der Waals surface area (Å²) in [4.78, 5) is 22.8. The second kappa shape index (κ2) is 2.46. The number of rotatable bonds is 0. The molecular formula is C8H8N4O2. The van der Waals surface area contributed by atoms with Crippen LogP contribution >= 0.6 is 0 Å². The fourth-order valence-corrected chi connectivity index (χ4v) is 1.43. The Bertz CT molecular complexity index is 414. The van der Waals surface area contributed by atoms with Crippen molar-refractivity contribution in [3.05, 3.63) is 23.3 Å². The summed E-state index contributed by atoms with van der Waals surface area (Å²) in [6, 6.07) is 2.94. The lowest BCUT2D eigenvalue weighted by molar-refractivity contribution is 0.0654. The first-order chi connectivity index (χ1) is 6.54. The van der Waals surface area contributed by atoms with Gasteiger partial charge in [-0.05, 0) is 12.1 Å². The SMILES string of the molecule is Nc1ccc(N)c2c1C(=O)N(N)C2=O. The van der Waals surface area contributed by atoms with Crippen molar-refractivity contribution in [3.63, 3.8) is 0 Å². The van der Waals surface area contributed by atoms with E-state index in [4.69, 9.17) is 17.3 Å². The second-order valence-corrected chi connectivity index (χ2v) is 2.97. The van der Waals surface area contributed by atoms with Crippen molar-refractivity contribution in [3.8, 4) is 0 Å². The zero-order valence-electron chi connectivity index (χ0n) is 7.15. The van der Waals surface area contributed by atoms with Crippen LogP contribution in [0.1, 0.15) is 20.7 Å². The topological polar surface area (TPSA) is 115 Å². The molecule has 0 bridgehead atoms. The summed E-state index contributed by atoms with van der Waals surface area (Å²) in [6.45, 7) is 0. The predicted octanol–water partition coefficient (Wildman–Crippen LogP) is -0.679. The monoisotopic (exact) mass is 192 g/mol. The Balaban J connectivity index is 2.80. The molecule has 1 aliphatic heterocycles. The van der Waals surface area contributed by atoms with Gasteiger partial charge in [-0.1, -0.05) is 0 Å². The second-order valence-electron chi connectivity index (χ2n) is 2.97. The van der Waals surface area contributed by atoms with Crippen molar-refractivity contribution in [1.82, 2.24) is 5.01 Å². The van der Waals surface area contributed by atoms with E-state index >= 15 is 0 Å². The molecule has 0 radical (unpaired) electrons. The molecule has 1 heterocycles. The normalized spacial score (nSPS) is 14.8. The maximum atomic E-state index is 11.4. The van der Waals surface area contributed by atoms with Crippen LogP contribution in [-0.2, 0) is 0 Å². The minimum atomic E-state index is -0.616. The Morgan fingerprint density at radius 3 is 1.64 bits per heavy atom. The summed E-state index contributed by atoms with van der Waals surface area (Å²) in [6.07, 6.45) is 0. The molecule has 0 saturated heterocycles. The first kappa shape index (κ1) is 8.52. The summed E-state index contributed by atoms with van der Waals surface area (Å²) in [7, 11) is 0. The maximum Gasteiger partial charge on any atom is 0.278 e. The van der Waals surface area contributed by atoms with Gasteiger partial charge in [-0.25, -0.2) is 10.9 Å². The van der Waals surface area contributed by atoms with Crippen molar-refractivity contribution < 1.29 is 9.59 Å². The van der Waals surface area contributed by atoms with Gasteiger partial charge in [-0.15, -0.1) is 0 Å². The van der Waals surface area contributed by atoms with E-state index in [1.807, 2.05) is 0 Å². The third-order valence-electron chi connectivity index (χ3n) is 2.14. The van der Waals surface area contributed by atoms with Crippen LogP contribution in [-0.4, -0.2) is 16.8 Å². The Kier molecular flexibility index (Phi) is 1.49. The number of hydrogen-bond donors (Lipinski definition) is 3. The zero-order chi connectivity index (χ0) is 10.5. The van der Waals surface area contributed by atoms with Crippen LogP contribution < -0.4 is 17.3 Å². The summed E-state index contributed by atoms with van der Waals surface area (Å²) in [5.74, 6) is 4.00. The van der Waals surface area contributed by atoms with Crippen molar-refractivity contribution in [2.45, 2.75) is 0 Å². The molecule has 0 spiro atoms. The summed E-state index contributed by atoms with van der Waals surface area (Å²) >= 11 is 0. The highest BCUT2D eigenvalue weighted by Crippen LogP contribution is 2.30. The van der Waals surface area contributed by atoms with Crippen molar-refractivity contribution >= 4 is 23.2 Å². The largest absolute Gasteiger partial charge is 0.398 e. The fourth-order valence-electron chi connectivity index (χ4n) is 1.43. The lowest BCUT2D eigenvalue weighted by Crippen LogP contribution is -2.36. The molecule has 6 heteroatoms. The number of imide groups is 1. The van der Waals surface area contributed by atoms with Crippen LogP contribution in [0.5, 0.6) is 0 Å². The molecule has 2 rings (SSSR count). The number of anilines is 2. The molecule has 2 amide bonds. The number of nitrogens with zero attached hydrogens (tertiary/aromatic N) is 1. The highest BCUT2D eigenvalue weighted by molar-refractivity contribution is 6.25. The molecule has 0 aromatic heterocycles. The van der Waals surface area contributed by atoms with E-state index in [-0.39, 0.29) is 22.5 Å². The molecule has 0 fully saturated rings. The maximum absolute atomic E-state index is 11.4. The summed E-state index contributed by atoms with van der Waals surface area (Å²) in [5, 5.41) is 0.511. The molecule has 0 aliphatic carbocycles. The Morgan fingerprint density at radius 2 is 1.29 bits per heavy atom. The minimum absolute atomic E-state index is 0.0949. The van der Waals surface area contributed by atoms with Gasteiger partial charge in [0.05, 0.1) is 11.1 Å². The van der Waals surface area contributed by atoms with Gasteiger partial charge in [-0.3, -0.25) is 9.59 Å². The molecule has 14 heavy (non-hydrogen) atoms. The van der Waals surface area contributed by atoms with Crippen molar-refractivity contribution in [2.75, 3.05) is 11.5 Å². The third-order valence-corrected chi connectivity index (χ3v) is 2.14. The highest BCUT2D eigenvalue weighted by Gasteiger charge is 2.37. The van der Waals surface area contributed by atoms with Gasteiger partial charge < -0.3 is 11.5 Å². The standard InChI is InChI=1S/C8H8N4O2/c9-3-1-2-4(10)6-5(3)7(13)12(11)8(6)14/h1-2H,9-11H2. The summed E-state index contributed by atoms with van der Waals surface area (Å²) in [5.41, 5.74) is 11.7.